The van der Waals surface area contributed by atoms with Crippen LogP contribution in [-0.2, 0) is 14.4 Å². The van der Waals surface area contributed by atoms with Crippen molar-refractivity contribution in [3.05, 3.63) is 46.1 Å². The van der Waals surface area contributed by atoms with Crippen LogP contribution in [0.4, 0.5) is 0 Å². The molecule has 2 aliphatic carbocycles. The van der Waals surface area contributed by atoms with Crippen molar-refractivity contribution >= 4 is 17.7 Å². The quantitative estimate of drug-likeness (QED) is 0.137. The summed E-state index contributed by atoms with van der Waals surface area (Å²) in [5.74, 6) is 0.580. The largest absolute Gasteiger partial charge is 0.356 e. The molecule has 0 aromatic heterocycles. The SMILES string of the molecule is CC1=C(C)C(C)(CCC(=O)N[C@@H](CCCCC(C)C)C(=O)NCCCCCC(=O)NCCC2=CCCC=C2)C(C)=C1C. The lowest BCUT2D eigenvalue weighted by Gasteiger charge is -2.29. The summed E-state index contributed by atoms with van der Waals surface area (Å²) in [6.45, 7) is 16.6. The first-order valence-electron chi connectivity index (χ1n) is 16.5. The average molecular weight is 582 g/mol. The summed E-state index contributed by atoms with van der Waals surface area (Å²) in [7, 11) is 0. The van der Waals surface area contributed by atoms with Crippen molar-refractivity contribution in [2.75, 3.05) is 13.1 Å². The maximum atomic E-state index is 13.1. The first-order chi connectivity index (χ1) is 20.0. The Kier molecular flexibility index (Phi) is 15.3. The highest BCUT2D eigenvalue weighted by Gasteiger charge is 2.36. The van der Waals surface area contributed by atoms with Gasteiger partial charge in [0.1, 0.15) is 6.04 Å². The van der Waals surface area contributed by atoms with Gasteiger partial charge in [-0.3, -0.25) is 14.4 Å². The van der Waals surface area contributed by atoms with Crippen molar-refractivity contribution in [1.82, 2.24) is 16.0 Å². The Morgan fingerprint density at radius 2 is 1.50 bits per heavy atom. The summed E-state index contributed by atoms with van der Waals surface area (Å²) < 4.78 is 0. The fourth-order valence-corrected chi connectivity index (χ4v) is 6.06. The molecular weight excluding hydrogens is 522 g/mol. The molecule has 3 N–H and O–H groups in total. The zero-order valence-corrected chi connectivity index (χ0v) is 27.7. The van der Waals surface area contributed by atoms with Crippen LogP contribution in [0.3, 0.4) is 0 Å². The molecule has 1 atom stereocenters. The van der Waals surface area contributed by atoms with E-state index >= 15 is 0 Å². The third-order valence-electron chi connectivity index (χ3n) is 9.56. The predicted octanol–water partition coefficient (Wildman–Crippen LogP) is 7.62. The Bertz CT molecular complexity index is 1020. The van der Waals surface area contributed by atoms with E-state index in [9.17, 15) is 14.4 Å². The molecule has 2 rings (SSSR count). The van der Waals surface area contributed by atoms with Crippen LogP contribution in [-0.4, -0.2) is 36.9 Å². The van der Waals surface area contributed by atoms with Gasteiger partial charge in [-0.2, -0.15) is 0 Å². The molecule has 0 aliphatic heterocycles. The highest BCUT2D eigenvalue weighted by Crippen LogP contribution is 2.49. The Morgan fingerprint density at radius 3 is 2.14 bits per heavy atom. The topological polar surface area (TPSA) is 87.3 Å². The number of carbonyl (C=O) groups excluding carboxylic acids is 3. The van der Waals surface area contributed by atoms with Crippen LogP contribution in [0.1, 0.15) is 132 Å². The first-order valence-corrected chi connectivity index (χ1v) is 16.5. The number of amides is 3. The van der Waals surface area contributed by atoms with Gasteiger partial charge >= 0.3 is 0 Å². The second-order valence-corrected chi connectivity index (χ2v) is 13.1. The number of unbranched alkanes of at least 4 members (excludes halogenated alkanes) is 3. The minimum Gasteiger partial charge on any atom is -0.356 e. The molecule has 0 heterocycles. The molecule has 0 bridgehead atoms. The molecule has 0 fully saturated rings. The van der Waals surface area contributed by atoms with Crippen LogP contribution < -0.4 is 16.0 Å². The summed E-state index contributed by atoms with van der Waals surface area (Å²) in [5, 5.41) is 9.12. The standard InChI is InChI=1S/C36H59N3O3/c1-26(2)16-13-14-19-32(39-34(41)21-23-36(7)29(5)27(3)28(4)30(36)6)35(42)38-24-15-9-12-20-33(40)37-25-22-31-17-10-8-11-18-31/h10,17-18,26,32H,8-9,11-16,19-25H2,1-7H3,(H,37,40)(H,38,42)(H,39,41)/t32-/m0/s1. The maximum Gasteiger partial charge on any atom is 0.242 e. The van der Waals surface area contributed by atoms with Gasteiger partial charge in [0.2, 0.25) is 17.7 Å². The molecule has 42 heavy (non-hydrogen) atoms. The third kappa shape index (κ3) is 11.6. The van der Waals surface area contributed by atoms with Gasteiger partial charge in [-0.15, -0.1) is 0 Å². The van der Waals surface area contributed by atoms with Gasteiger partial charge in [-0.05, 0) is 89.7 Å². The number of rotatable bonds is 19. The molecule has 0 saturated heterocycles. The number of hydrogen-bond acceptors (Lipinski definition) is 3. The van der Waals surface area contributed by atoms with E-state index in [2.05, 4.69) is 82.6 Å². The summed E-state index contributed by atoms with van der Waals surface area (Å²) in [4.78, 5) is 38.3. The maximum absolute atomic E-state index is 13.1. The normalized spacial score (nSPS) is 17.0. The van der Waals surface area contributed by atoms with Crippen molar-refractivity contribution in [3.8, 4) is 0 Å². The molecule has 236 valence electrons. The molecule has 0 saturated carbocycles. The number of carbonyl (C=O) groups is 3. The van der Waals surface area contributed by atoms with Gasteiger partial charge in [0, 0.05) is 31.3 Å². The third-order valence-corrected chi connectivity index (χ3v) is 9.56. The van der Waals surface area contributed by atoms with Gasteiger partial charge < -0.3 is 16.0 Å². The molecular formula is C36H59N3O3. The van der Waals surface area contributed by atoms with Gasteiger partial charge in [-0.25, -0.2) is 0 Å². The molecule has 3 amide bonds. The van der Waals surface area contributed by atoms with E-state index in [-0.39, 0.29) is 23.1 Å². The lowest BCUT2D eigenvalue weighted by molar-refractivity contribution is -0.129. The molecule has 0 aromatic carbocycles. The fraction of sp³-hybridized carbons (Fsp3) is 0.694. The molecule has 0 spiro atoms. The zero-order valence-electron chi connectivity index (χ0n) is 27.7. The van der Waals surface area contributed by atoms with Crippen molar-refractivity contribution in [1.29, 1.82) is 0 Å². The number of nitrogens with one attached hydrogen (secondary N) is 3. The molecule has 6 nitrogen and oxygen atoms in total. The summed E-state index contributed by atoms with van der Waals surface area (Å²) in [5.41, 5.74) is 6.58. The second kappa shape index (κ2) is 18.1. The smallest absolute Gasteiger partial charge is 0.242 e. The minimum atomic E-state index is -0.502. The fourth-order valence-electron chi connectivity index (χ4n) is 6.06. The zero-order chi connectivity index (χ0) is 31.1. The van der Waals surface area contributed by atoms with Gasteiger partial charge in [0.05, 0.1) is 0 Å². The van der Waals surface area contributed by atoms with Gasteiger partial charge in [0.15, 0.2) is 0 Å². The monoisotopic (exact) mass is 581 g/mol. The summed E-state index contributed by atoms with van der Waals surface area (Å²) >= 11 is 0. The second-order valence-electron chi connectivity index (χ2n) is 13.1. The predicted molar refractivity (Wildman–Crippen MR) is 175 cm³/mol. The van der Waals surface area contributed by atoms with E-state index in [0.717, 1.165) is 64.2 Å². The van der Waals surface area contributed by atoms with Gasteiger partial charge in [-0.1, -0.05) is 81.4 Å². The van der Waals surface area contributed by atoms with Crippen molar-refractivity contribution in [2.45, 2.75) is 138 Å². The number of allylic oxidation sites excluding steroid dienone is 7. The van der Waals surface area contributed by atoms with E-state index < -0.39 is 6.04 Å². The van der Waals surface area contributed by atoms with E-state index in [4.69, 9.17) is 0 Å². The Balaban J connectivity index is 1.73. The highest BCUT2D eigenvalue weighted by atomic mass is 16.2. The Labute approximate surface area is 256 Å². The lowest BCUT2D eigenvalue weighted by Crippen LogP contribution is -2.47. The van der Waals surface area contributed by atoms with Crippen LogP contribution in [0.15, 0.2) is 46.1 Å². The molecule has 6 heteroatoms. The van der Waals surface area contributed by atoms with E-state index in [1.165, 1.54) is 27.9 Å². The summed E-state index contributed by atoms with van der Waals surface area (Å²) in [6.07, 6.45) is 17.6. The van der Waals surface area contributed by atoms with Crippen LogP contribution in [0.2, 0.25) is 0 Å². The average Bonchev–Trinajstić information content (AvgIpc) is 3.11. The highest BCUT2D eigenvalue weighted by molar-refractivity contribution is 5.87. The van der Waals surface area contributed by atoms with Crippen LogP contribution in [0, 0.1) is 11.3 Å². The molecule has 0 radical (unpaired) electrons. The minimum absolute atomic E-state index is 0.0511. The molecule has 0 aromatic rings. The van der Waals surface area contributed by atoms with Gasteiger partial charge in [0.25, 0.3) is 0 Å². The Hall–Kier alpha value is -2.63. The van der Waals surface area contributed by atoms with Crippen LogP contribution >= 0.6 is 0 Å². The van der Waals surface area contributed by atoms with Crippen molar-refractivity contribution < 1.29 is 14.4 Å². The summed E-state index contributed by atoms with van der Waals surface area (Å²) in [6, 6.07) is -0.502. The van der Waals surface area contributed by atoms with E-state index in [1.54, 1.807) is 0 Å². The van der Waals surface area contributed by atoms with Crippen molar-refractivity contribution in [3.63, 3.8) is 0 Å². The first kappa shape index (κ1) is 35.6. The lowest BCUT2D eigenvalue weighted by atomic mass is 9.75. The van der Waals surface area contributed by atoms with E-state index in [0.29, 0.717) is 38.3 Å². The van der Waals surface area contributed by atoms with Crippen LogP contribution in [0.5, 0.6) is 0 Å². The van der Waals surface area contributed by atoms with Crippen molar-refractivity contribution in [2.24, 2.45) is 11.3 Å². The molecule has 2 aliphatic rings. The Morgan fingerprint density at radius 1 is 0.810 bits per heavy atom. The number of hydrogen-bond donors (Lipinski definition) is 3. The van der Waals surface area contributed by atoms with E-state index in [1.807, 2.05) is 0 Å². The van der Waals surface area contributed by atoms with Crippen LogP contribution in [0.25, 0.3) is 0 Å². The molecule has 0 unspecified atom stereocenters.